The lowest BCUT2D eigenvalue weighted by molar-refractivity contribution is -0.174. The van der Waals surface area contributed by atoms with Crippen LogP contribution in [0, 0.1) is 6.92 Å². The van der Waals surface area contributed by atoms with Gasteiger partial charge < -0.3 is 10.4 Å². The predicted octanol–water partition coefficient (Wildman–Crippen LogP) is 1.89. The Morgan fingerprint density at radius 1 is 1.44 bits per heavy atom. The van der Waals surface area contributed by atoms with E-state index in [2.05, 4.69) is 4.98 Å². The van der Waals surface area contributed by atoms with Gasteiger partial charge in [0.2, 0.25) is 0 Å². The number of carbonyl (C=O) groups excluding carboxylic acids is 1. The van der Waals surface area contributed by atoms with E-state index in [9.17, 15) is 22.8 Å². The van der Waals surface area contributed by atoms with Gasteiger partial charge in [0.1, 0.15) is 5.01 Å². The van der Waals surface area contributed by atoms with Crippen molar-refractivity contribution in [3.63, 3.8) is 0 Å². The topological polar surface area (TPSA) is 79.3 Å². The first-order chi connectivity index (χ1) is 8.12. The molecule has 1 atom stereocenters. The molecule has 2 N–H and O–H groups in total. The molecule has 0 bridgehead atoms. The molecule has 0 saturated carbocycles. The first-order valence-corrected chi connectivity index (χ1v) is 5.53. The normalized spacial score (nSPS) is 13.2. The second-order valence-electron chi connectivity index (χ2n) is 3.45. The van der Waals surface area contributed by atoms with Crippen molar-refractivity contribution in [2.75, 3.05) is 0 Å². The summed E-state index contributed by atoms with van der Waals surface area (Å²) in [4.78, 5) is 25.5. The van der Waals surface area contributed by atoms with Gasteiger partial charge in [0.25, 0.3) is 0 Å². The van der Waals surface area contributed by atoms with Crippen LogP contribution in [0.3, 0.4) is 0 Å². The second-order valence-corrected chi connectivity index (χ2v) is 4.69. The zero-order valence-corrected chi connectivity index (χ0v) is 10.1. The van der Waals surface area contributed by atoms with Gasteiger partial charge in [-0.25, -0.2) is 9.78 Å². The summed E-state index contributed by atoms with van der Waals surface area (Å²) < 4.78 is 36.0. The minimum atomic E-state index is -4.98. The number of halogens is 3. The number of carboxylic acids is 1. The van der Waals surface area contributed by atoms with Crippen molar-refractivity contribution >= 4 is 23.2 Å². The van der Waals surface area contributed by atoms with Crippen LogP contribution in [-0.4, -0.2) is 28.1 Å². The summed E-state index contributed by atoms with van der Waals surface area (Å²) in [6.07, 6.45) is -4.98. The van der Waals surface area contributed by atoms with Crippen LogP contribution in [0.15, 0.2) is 0 Å². The number of nitrogens with zero attached hydrogens (tertiary/aromatic N) is 1. The largest absolute Gasteiger partial charge is 0.476 e. The van der Waals surface area contributed by atoms with E-state index < -0.39 is 24.1 Å². The molecule has 1 rings (SSSR count). The van der Waals surface area contributed by atoms with Gasteiger partial charge in [0.05, 0.1) is 6.04 Å². The van der Waals surface area contributed by atoms with E-state index in [1.54, 1.807) is 5.32 Å². The Hall–Kier alpha value is -1.64. The number of aromatic nitrogens is 1. The number of hydrogen-bond donors (Lipinski definition) is 2. The number of carboxylic acid groups (broad SMARTS) is 1. The molecule has 0 aliphatic rings. The maximum absolute atomic E-state index is 12.0. The Kier molecular flexibility index (Phi) is 3.95. The van der Waals surface area contributed by atoms with Crippen LogP contribution in [0.25, 0.3) is 0 Å². The molecular weight excluding hydrogens is 273 g/mol. The highest BCUT2D eigenvalue weighted by atomic mass is 32.1. The number of alkyl halides is 3. The summed E-state index contributed by atoms with van der Waals surface area (Å²) >= 11 is 0.929. The SMILES string of the molecule is Cc1sc(C(C)NC(=O)C(F)(F)F)nc1C(=O)O. The van der Waals surface area contributed by atoms with Gasteiger partial charge in [0.15, 0.2) is 5.69 Å². The minimum Gasteiger partial charge on any atom is -0.476 e. The van der Waals surface area contributed by atoms with E-state index in [0.717, 1.165) is 11.3 Å². The number of thiazole rings is 1. The Morgan fingerprint density at radius 3 is 2.39 bits per heavy atom. The summed E-state index contributed by atoms with van der Waals surface area (Å²) in [5.41, 5.74) is -0.219. The van der Waals surface area contributed by atoms with E-state index in [1.807, 2.05) is 0 Å². The van der Waals surface area contributed by atoms with Gasteiger partial charge in [-0.2, -0.15) is 13.2 Å². The highest BCUT2D eigenvalue weighted by Gasteiger charge is 2.39. The van der Waals surface area contributed by atoms with Crippen LogP contribution < -0.4 is 5.32 Å². The van der Waals surface area contributed by atoms with Gasteiger partial charge in [-0.1, -0.05) is 0 Å². The van der Waals surface area contributed by atoms with Crippen molar-refractivity contribution in [2.24, 2.45) is 0 Å². The minimum absolute atomic E-state index is 0.113. The number of aryl methyl sites for hydroxylation is 1. The Morgan fingerprint density at radius 2 is 2.00 bits per heavy atom. The van der Waals surface area contributed by atoms with Crippen molar-refractivity contribution in [2.45, 2.75) is 26.1 Å². The molecule has 0 spiro atoms. The molecule has 18 heavy (non-hydrogen) atoms. The van der Waals surface area contributed by atoms with Crippen LogP contribution in [0.5, 0.6) is 0 Å². The third kappa shape index (κ3) is 3.19. The van der Waals surface area contributed by atoms with Crippen LogP contribution in [0.2, 0.25) is 0 Å². The molecule has 0 fully saturated rings. The van der Waals surface area contributed by atoms with Gasteiger partial charge >= 0.3 is 18.1 Å². The van der Waals surface area contributed by atoms with Crippen LogP contribution in [0.4, 0.5) is 13.2 Å². The average Bonchev–Trinajstić information content (AvgIpc) is 2.58. The molecule has 0 aliphatic heterocycles. The maximum Gasteiger partial charge on any atom is 0.471 e. The molecule has 1 aromatic heterocycles. The van der Waals surface area contributed by atoms with E-state index >= 15 is 0 Å². The molecule has 5 nitrogen and oxygen atoms in total. The van der Waals surface area contributed by atoms with Crippen molar-refractivity contribution in [1.82, 2.24) is 10.3 Å². The monoisotopic (exact) mass is 282 g/mol. The van der Waals surface area contributed by atoms with E-state index in [1.165, 1.54) is 13.8 Å². The van der Waals surface area contributed by atoms with Crippen molar-refractivity contribution in [3.05, 3.63) is 15.6 Å². The molecule has 0 saturated heterocycles. The molecule has 1 amide bonds. The number of amides is 1. The Bertz CT molecular complexity index is 484. The molecule has 100 valence electrons. The van der Waals surface area contributed by atoms with Crippen LogP contribution >= 0.6 is 11.3 Å². The quantitative estimate of drug-likeness (QED) is 0.887. The highest BCUT2D eigenvalue weighted by Crippen LogP contribution is 2.24. The number of hydrogen-bond acceptors (Lipinski definition) is 4. The molecule has 1 heterocycles. The molecular formula is C9H9F3N2O3S. The second kappa shape index (κ2) is 4.92. The standard InChI is InChI=1S/C9H9F3N2O3S/c1-3(13-8(17)9(10,11)12)6-14-5(7(15)16)4(2)18-6/h3H,1-2H3,(H,13,17)(H,15,16). The molecule has 9 heteroatoms. The van der Waals surface area contributed by atoms with Gasteiger partial charge in [0, 0.05) is 4.88 Å². The number of aromatic carboxylic acids is 1. The van der Waals surface area contributed by atoms with Crippen molar-refractivity contribution < 1.29 is 27.9 Å². The fourth-order valence-electron chi connectivity index (χ4n) is 1.14. The average molecular weight is 282 g/mol. The lowest BCUT2D eigenvalue weighted by Crippen LogP contribution is -2.38. The summed E-state index contributed by atoms with van der Waals surface area (Å²) in [6, 6.07) is -1.00. The smallest absolute Gasteiger partial charge is 0.471 e. The summed E-state index contributed by atoms with van der Waals surface area (Å²) in [6.45, 7) is 2.79. The lowest BCUT2D eigenvalue weighted by atomic mass is 10.3. The fraction of sp³-hybridized carbons (Fsp3) is 0.444. The van der Waals surface area contributed by atoms with Crippen LogP contribution in [0.1, 0.15) is 33.3 Å². The number of carbonyl (C=O) groups is 2. The first-order valence-electron chi connectivity index (χ1n) is 4.71. The van der Waals surface area contributed by atoms with E-state index in [-0.39, 0.29) is 10.7 Å². The Balaban J connectivity index is 2.86. The lowest BCUT2D eigenvalue weighted by Gasteiger charge is -2.12. The number of rotatable bonds is 3. The zero-order valence-electron chi connectivity index (χ0n) is 9.33. The highest BCUT2D eigenvalue weighted by molar-refractivity contribution is 7.11. The molecule has 0 radical (unpaired) electrons. The third-order valence-corrected chi connectivity index (χ3v) is 3.14. The first kappa shape index (κ1) is 14.4. The zero-order chi connectivity index (χ0) is 14.1. The van der Waals surface area contributed by atoms with Gasteiger partial charge in [-0.15, -0.1) is 11.3 Å². The van der Waals surface area contributed by atoms with E-state index in [0.29, 0.717) is 4.88 Å². The Labute approximate surface area is 104 Å². The van der Waals surface area contributed by atoms with Gasteiger partial charge in [-0.05, 0) is 13.8 Å². The van der Waals surface area contributed by atoms with Crippen LogP contribution in [-0.2, 0) is 4.79 Å². The molecule has 0 aromatic carbocycles. The fourth-order valence-corrected chi connectivity index (χ4v) is 2.06. The molecule has 0 aliphatic carbocycles. The number of nitrogens with one attached hydrogen (secondary N) is 1. The van der Waals surface area contributed by atoms with Crippen molar-refractivity contribution in [1.29, 1.82) is 0 Å². The van der Waals surface area contributed by atoms with Crippen molar-refractivity contribution in [3.8, 4) is 0 Å². The van der Waals surface area contributed by atoms with E-state index in [4.69, 9.17) is 5.11 Å². The molecule has 1 unspecified atom stereocenters. The summed E-state index contributed by atoms with van der Waals surface area (Å²) in [5.74, 6) is -3.34. The predicted molar refractivity (Wildman–Crippen MR) is 56.4 cm³/mol. The summed E-state index contributed by atoms with van der Waals surface area (Å²) in [5, 5.41) is 10.6. The molecule has 1 aromatic rings. The third-order valence-electron chi connectivity index (χ3n) is 1.99. The maximum atomic E-state index is 12.0. The van der Waals surface area contributed by atoms with Gasteiger partial charge in [-0.3, -0.25) is 4.79 Å². The summed E-state index contributed by atoms with van der Waals surface area (Å²) in [7, 11) is 0.